The molecular weight excluding hydrogens is 347 g/mol. The Morgan fingerprint density at radius 1 is 1.30 bits per heavy atom. The van der Waals surface area contributed by atoms with Gasteiger partial charge in [0.15, 0.2) is 0 Å². The first-order chi connectivity index (χ1) is 13.1. The first-order valence-corrected chi connectivity index (χ1v) is 9.41. The monoisotopic (exact) mass is 368 g/mol. The molecule has 0 radical (unpaired) electrons. The summed E-state index contributed by atoms with van der Waals surface area (Å²) >= 11 is 0. The van der Waals surface area contributed by atoms with Crippen molar-refractivity contribution in [1.29, 1.82) is 0 Å². The summed E-state index contributed by atoms with van der Waals surface area (Å²) in [6.45, 7) is 2.16. The van der Waals surface area contributed by atoms with Gasteiger partial charge in [-0.15, -0.1) is 0 Å². The van der Waals surface area contributed by atoms with Crippen LogP contribution in [0.3, 0.4) is 0 Å². The molecule has 7 heteroatoms. The maximum absolute atomic E-state index is 13.9. The summed E-state index contributed by atoms with van der Waals surface area (Å²) in [6.07, 6.45) is 1.71. The Bertz CT molecular complexity index is 891. The summed E-state index contributed by atoms with van der Waals surface area (Å²) in [5.41, 5.74) is 2.35. The molecule has 1 amide bonds. The number of nitrogens with one attached hydrogen (secondary N) is 1. The Morgan fingerprint density at radius 2 is 2.15 bits per heavy atom. The van der Waals surface area contributed by atoms with E-state index in [2.05, 4.69) is 20.2 Å². The molecule has 0 saturated carbocycles. The van der Waals surface area contributed by atoms with Crippen molar-refractivity contribution in [3.63, 3.8) is 0 Å². The summed E-state index contributed by atoms with van der Waals surface area (Å²) in [7, 11) is 0. The minimum absolute atomic E-state index is 0.160. The van der Waals surface area contributed by atoms with Crippen molar-refractivity contribution >= 4 is 5.91 Å². The van der Waals surface area contributed by atoms with E-state index in [1.807, 2.05) is 30.3 Å². The molecule has 0 unspecified atom stereocenters. The van der Waals surface area contributed by atoms with Crippen LogP contribution in [0.1, 0.15) is 35.3 Å². The highest BCUT2D eigenvalue weighted by Crippen LogP contribution is 2.40. The van der Waals surface area contributed by atoms with Crippen LogP contribution in [0, 0.1) is 0 Å². The molecular formula is C20H21FN4O2. The van der Waals surface area contributed by atoms with Crippen molar-refractivity contribution in [3.8, 4) is 17.3 Å². The van der Waals surface area contributed by atoms with E-state index in [0.29, 0.717) is 43.1 Å². The maximum atomic E-state index is 13.9. The number of hydrogen-bond donors (Lipinski definition) is 1. The van der Waals surface area contributed by atoms with Crippen molar-refractivity contribution in [2.24, 2.45) is 0 Å². The second kappa shape index (κ2) is 6.27. The van der Waals surface area contributed by atoms with Gasteiger partial charge < -0.3 is 10.1 Å². The molecule has 4 heterocycles. The molecule has 0 spiro atoms. The number of ether oxygens (including phenoxy) is 1. The molecule has 2 fully saturated rings. The van der Waals surface area contributed by atoms with Crippen molar-refractivity contribution in [2.75, 3.05) is 19.7 Å². The lowest BCUT2D eigenvalue weighted by Gasteiger charge is -2.30. The van der Waals surface area contributed by atoms with E-state index in [1.165, 1.54) is 0 Å². The molecule has 140 valence electrons. The van der Waals surface area contributed by atoms with Crippen LogP contribution in [0.2, 0.25) is 0 Å². The normalized spacial score (nSPS) is 26.7. The quantitative estimate of drug-likeness (QED) is 0.897. The highest BCUT2D eigenvalue weighted by molar-refractivity contribution is 6.03. The third kappa shape index (κ3) is 2.77. The van der Waals surface area contributed by atoms with Gasteiger partial charge in [-0.25, -0.2) is 4.39 Å². The van der Waals surface area contributed by atoms with Crippen LogP contribution in [0.5, 0.6) is 6.01 Å². The third-order valence-electron chi connectivity index (χ3n) is 5.88. The predicted octanol–water partition coefficient (Wildman–Crippen LogP) is 2.34. The van der Waals surface area contributed by atoms with E-state index in [1.54, 1.807) is 0 Å². The van der Waals surface area contributed by atoms with Gasteiger partial charge in [0.2, 0.25) is 0 Å². The Balaban J connectivity index is 1.46. The van der Waals surface area contributed by atoms with E-state index in [4.69, 9.17) is 4.74 Å². The van der Waals surface area contributed by atoms with E-state index < -0.39 is 6.17 Å². The van der Waals surface area contributed by atoms with E-state index in [0.717, 1.165) is 24.9 Å². The van der Waals surface area contributed by atoms with Crippen LogP contribution < -0.4 is 10.1 Å². The SMILES string of the molecule is O=C1NCc2nc(OC[C@@]34CCCN3C[C@H](F)C4)nc(-c3ccccc3)c21. The highest BCUT2D eigenvalue weighted by Gasteiger charge is 2.49. The largest absolute Gasteiger partial charge is 0.461 e. The van der Waals surface area contributed by atoms with Gasteiger partial charge in [0, 0.05) is 18.5 Å². The topological polar surface area (TPSA) is 67.3 Å². The Labute approximate surface area is 156 Å². The Morgan fingerprint density at radius 3 is 3.00 bits per heavy atom. The zero-order valence-corrected chi connectivity index (χ0v) is 14.9. The summed E-state index contributed by atoms with van der Waals surface area (Å²) in [5, 5.41) is 2.81. The Kier molecular flexibility index (Phi) is 3.86. The van der Waals surface area contributed by atoms with Gasteiger partial charge in [-0.3, -0.25) is 9.69 Å². The lowest BCUT2D eigenvalue weighted by molar-refractivity contribution is 0.0965. The number of amides is 1. The van der Waals surface area contributed by atoms with Gasteiger partial charge >= 0.3 is 6.01 Å². The lowest BCUT2D eigenvalue weighted by Crippen LogP contribution is -2.43. The smallest absolute Gasteiger partial charge is 0.317 e. The number of hydrogen-bond acceptors (Lipinski definition) is 5. The number of halogens is 1. The zero-order valence-electron chi connectivity index (χ0n) is 14.9. The molecule has 2 saturated heterocycles. The van der Waals surface area contributed by atoms with Gasteiger partial charge in [-0.05, 0) is 19.4 Å². The van der Waals surface area contributed by atoms with Crippen LogP contribution >= 0.6 is 0 Å². The van der Waals surface area contributed by atoms with Crippen LogP contribution in [0.25, 0.3) is 11.3 Å². The van der Waals surface area contributed by atoms with E-state index in [-0.39, 0.29) is 17.5 Å². The second-order valence-corrected chi connectivity index (χ2v) is 7.59. The molecule has 2 aromatic rings. The number of alkyl halides is 1. The van der Waals surface area contributed by atoms with Crippen LogP contribution in [0.4, 0.5) is 4.39 Å². The van der Waals surface area contributed by atoms with Crippen molar-refractivity contribution in [1.82, 2.24) is 20.2 Å². The molecule has 1 aromatic heterocycles. The van der Waals surface area contributed by atoms with Gasteiger partial charge in [-0.1, -0.05) is 30.3 Å². The molecule has 3 aliphatic rings. The maximum Gasteiger partial charge on any atom is 0.317 e. The standard InChI is InChI=1S/C20H21FN4O2/c21-14-9-20(7-4-8-25(20)11-14)12-27-19-23-15-10-22-18(26)16(15)17(24-19)13-5-2-1-3-6-13/h1-3,5-6,14H,4,7-12H2,(H,22,26)/t14-,20+/m1/s1. The van der Waals surface area contributed by atoms with Gasteiger partial charge in [0.05, 0.1) is 29.0 Å². The highest BCUT2D eigenvalue weighted by atomic mass is 19.1. The number of carbonyl (C=O) groups excluding carboxylic acids is 1. The first-order valence-electron chi connectivity index (χ1n) is 9.41. The summed E-state index contributed by atoms with van der Waals surface area (Å²) < 4.78 is 19.9. The van der Waals surface area contributed by atoms with Crippen LogP contribution in [-0.4, -0.2) is 52.2 Å². The molecule has 0 bridgehead atoms. The van der Waals surface area contributed by atoms with Crippen molar-refractivity contribution in [2.45, 2.75) is 37.5 Å². The average Bonchev–Trinajstić information content (AvgIpc) is 3.32. The minimum atomic E-state index is -0.795. The Hall–Kier alpha value is -2.54. The van der Waals surface area contributed by atoms with E-state index >= 15 is 0 Å². The molecule has 2 atom stereocenters. The van der Waals surface area contributed by atoms with E-state index in [9.17, 15) is 9.18 Å². The van der Waals surface area contributed by atoms with Gasteiger partial charge in [-0.2, -0.15) is 9.97 Å². The molecule has 27 heavy (non-hydrogen) atoms. The van der Waals surface area contributed by atoms with Crippen molar-refractivity contribution in [3.05, 3.63) is 41.6 Å². The summed E-state index contributed by atoms with van der Waals surface area (Å²) in [4.78, 5) is 23.4. The minimum Gasteiger partial charge on any atom is -0.461 e. The molecule has 1 aromatic carbocycles. The second-order valence-electron chi connectivity index (χ2n) is 7.59. The fraction of sp³-hybridized carbons (Fsp3) is 0.450. The number of aromatic nitrogens is 2. The lowest BCUT2D eigenvalue weighted by atomic mass is 9.95. The fourth-order valence-electron chi connectivity index (χ4n) is 4.62. The van der Waals surface area contributed by atoms with Crippen LogP contribution in [0.15, 0.2) is 30.3 Å². The van der Waals surface area contributed by atoms with Crippen molar-refractivity contribution < 1.29 is 13.9 Å². The molecule has 1 N–H and O–H groups in total. The molecule has 3 aliphatic heterocycles. The average molecular weight is 368 g/mol. The third-order valence-corrected chi connectivity index (χ3v) is 5.88. The van der Waals surface area contributed by atoms with Gasteiger partial charge in [0.25, 0.3) is 5.91 Å². The number of benzene rings is 1. The predicted molar refractivity (Wildman–Crippen MR) is 97.2 cm³/mol. The van der Waals surface area contributed by atoms with Crippen LogP contribution in [-0.2, 0) is 6.54 Å². The van der Waals surface area contributed by atoms with Gasteiger partial charge in [0.1, 0.15) is 12.8 Å². The number of rotatable bonds is 4. The zero-order chi connectivity index (χ0) is 18.4. The molecule has 6 nitrogen and oxygen atoms in total. The first kappa shape index (κ1) is 16.6. The number of nitrogens with zero attached hydrogens (tertiary/aromatic N) is 3. The number of fused-ring (bicyclic) bond motifs is 2. The summed E-state index contributed by atoms with van der Waals surface area (Å²) in [6, 6.07) is 9.83. The fourth-order valence-corrected chi connectivity index (χ4v) is 4.62. The summed E-state index contributed by atoms with van der Waals surface area (Å²) in [5.74, 6) is -0.160. The molecule has 5 rings (SSSR count). The molecule has 0 aliphatic carbocycles. The number of carbonyl (C=O) groups is 1.